The Hall–Kier alpha value is -3.72. The normalized spacial score (nSPS) is 13.1. The summed E-state index contributed by atoms with van der Waals surface area (Å²) in [7, 11) is 1.57. The molecule has 0 saturated heterocycles. The van der Waals surface area contributed by atoms with E-state index >= 15 is 0 Å². The van der Waals surface area contributed by atoms with Gasteiger partial charge in [0.2, 0.25) is 0 Å². The average Bonchev–Trinajstić information content (AvgIpc) is 2.86. The van der Waals surface area contributed by atoms with Crippen molar-refractivity contribution in [2.45, 2.75) is 6.61 Å². The summed E-state index contributed by atoms with van der Waals surface area (Å²) in [5.41, 5.74) is 2.64. The third kappa shape index (κ3) is 4.03. The zero-order chi connectivity index (χ0) is 23.7. The fraction of sp³-hybridized carbons (Fsp3) is 0.0741. The van der Waals surface area contributed by atoms with Gasteiger partial charge in [-0.15, -0.1) is 0 Å². The van der Waals surface area contributed by atoms with Gasteiger partial charge in [0.25, 0.3) is 11.8 Å². The topological polar surface area (TPSA) is 68.2 Å². The maximum Gasteiger partial charge on any atom is 0.282 e. The Morgan fingerprint density at radius 3 is 2.24 bits per heavy atom. The number of halogens is 1. The first-order valence-electron chi connectivity index (χ1n) is 10.6. The second-order valence-electron chi connectivity index (χ2n) is 7.68. The molecule has 0 N–H and O–H groups in total. The van der Waals surface area contributed by atoms with Gasteiger partial charge in [0.05, 0.1) is 28.0 Å². The molecule has 4 aromatic rings. The number of nitrogens with zero attached hydrogens (tertiary/aromatic N) is 2. The maximum atomic E-state index is 13.0. The third-order valence-electron chi connectivity index (χ3n) is 5.55. The molecular formula is C27H19IN2O4. The molecule has 6 nitrogen and oxygen atoms in total. The van der Waals surface area contributed by atoms with Crippen LogP contribution in [0.5, 0.6) is 11.5 Å². The predicted molar refractivity (Wildman–Crippen MR) is 139 cm³/mol. The van der Waals surface area contributed by atoms with Crippen molar-refractivity contribution in [2.24, 2.45) is 5.10 Å². The molecule has 2 amide bonds. The first-order chi connectivity index (χ1) is 16.6. The highest BCUT2D eigenvalue weighted by atomic mass is 127. The Labute approximate surface area is 209 Å². The molecule has 0 spiro atoms. The quantitative estimate of drug-likeness (QED) is 0.173. The Bertz CT molecular complexity index is 1400. The number of rotatable bonds is 6. The number of hydrogen-bond donors (Lipinski definition) is 0. The molecule has 168 valence electrons. The molecule has 4 aromatic carbocycles. The molecule has 0 bridgehead atoms. The largest absolute Gasteiger partial charge is 0.493 e. The molecule has 0 radical (unpaired) electrons. The van der Waals surface area contributed by atoms with Gasteiger partial charge in [-0.25, -0.2) is 0 Å². The number of hydrazone groups is 1. The summed E-state index contributed by atoms with van der Waals surface area (Å²) in [6, 6.07) is 24.3. The van der Waals surface area contributed by atoms with Crippen molar-refractivity contribution in [3.05, 3.63) is 105 Å². The zero-order valence-corrected chi connectivity index (χ0v) is 20.4. The molecule has 34 heavy (non-hydrogen) atoms. The van der Waals surface area contributed by atoms with Crippen LogP contribution in [0.2, 0.25) is 0 Å². The van der Waals surface area contributed by atoms with Gasteiger partial charge in [0.1, 0.15) is 6.61 Å². The van der Waals surface area contributed by atoms with Crippen molar-refractivity contribution in [1.29, 1.82) is 0 Å². The van der Waals surface area contributed by atoms with Gasteiger partial charge in [-0.2, -0.15) is 10.1 Å². The number of imide groups is 1. The molecule has 5 rings (SSSR count). The number of hydrogen-bond acceptors (Lipinski definition) is 5. The van der Waals surface area contributed by atoms with E-state index in [9.17, 15) is 9.59 Å². The molecule has 0 atom stereocenters. The summed E-state index contributed by atoms with van der Waals surface area (Å²) in [4.78, 5) is 26.1. The second-order valence-corrected chi connectivity index (χ2v) is 8.85. The van der Waals surface area contributed by atoms with Crippen molar-refractivity contribution in [2.75, 3.05) is 7.11 Å². The van der Waals surface area contributed by atoms with Crippen molar-refractivity contribution in [1.82, 2.24) is 5.01 Å². The summed E-state index contributed by atoms with van der Waals surface area (Å²) in [5.74, 6) is 0.260. The van der Waals surface area contributed by atoms with Gasteiger partial charge in [0.15, 0.2) is 11.5 Å². The highest BCUT2D eigenvalue weighted by Gasteiger charge is 2.32. The standard InChI is InChI=1S/C27H19IN2O4/c1-33-23-14-18(13-22(28)25(23)34-16-17-7-3-2-4-8-17)15-29-30-26(31)20-11-5-9-19-10-6-12-21(24(19)20)27(30)32/h2-15H,16H2,1H3. The SMILES string of the molecule is COc1cc(C=NN2C(=O)c3cccc4cccc(c34)C2=O)cc(I)c1OCc1ccccc1. The number of amides is 2. The Morgan fingerprint density at radius 1 is 0.912 bits per heavy atom. The van der Waals surface area contributed by atoms with E-state index in [1.54, 1.807) is 37.4 Å². The molecule has 0 aliphatic carbocycles. The number of methoxy groups -OCH3 is 1. The third-order valence-corrected chi connectivity index (χ3v) is 6.35. The van der Waals surface area contributed by atoms with E-state index in [1.807, 2.05) is 48.5 Å². The number of ether oxygens (including phenoxy) is 2. The van der Waals surface area contributed by atoms with Gasteiger partial charge in [-0.1, -0.05) is 54.6 Å². The molecular weight excluding hydrogens is 543 g/mol. The first-order valence-corrected chi connectivity index (χ1v) is 11.6. The van der Waals surface area contributed by atoms with Crippen molar-refractivity contribution < 1.29 is 19.1 Å². The summed E-state index contributed by atoms with van der Waals surface area (Å²) in [6.45, 7) is 0.405. The van der Waals surface area contributed by atoms with E-state index in [0.717, 1.165) is 19.5 Å². The van der Waals surface area contributed by atoms with Crippen LogP contribution < -0.4 is 9.47 Å². The highest BCUT2D eigenvalue weighted by molar-refractivity contribution is 14.1. The van der Waals surface area contributed by atoms with Crippen molar-refractivity contribution in [3.63, 3.8) is 0 Å². The summed E-state index contributed by atoms with van der Waals surface area (Å²) in [6.07, 6.45) is 1.48. The second kappa shape index (κ2) is 9.26. The van der Waals surface area contributed by atoms with Crippen molar-refractivity contribution in [3.8, 4) is 11.5 Å². The first kappa shape index (κ1) is 22.1. The fourth-order valence-corrected chi connectivity index (χ4v) is 4.71. The molecule has 7 heteroatoms. The van der Waals surface area contributed by atoms with Crippen LogP contribution in [0.3, 0.4) is 0 Å². The molecule has 0 fully saturated rings. The summed E-state index contributed by atoms with van der Waals surface area (Å²) < 4.78 is 12.4. The Morgan fingerprint density at radius 2 is 1.59 bits per heavy atom. The molecule has 0 aromatic heterocycles. The van der Waals surface area contributed by atoms with Crippen LogP contribution in [0.4, 0.5) is 0 Å². The lowest BCUT2D eigenvalue weighted by atomic mass is 9.95. The Kier molecular flexibility index (Phi) is 6.02. The molecule has 1 aliphatic rings. The van der Waals surface area contributed by atoms with Crippen LogP contribution in [0.1, 0.15) is 31.8 Å². The lowest BCUT2D eigenvalue weighted by Crippen LogP contribution is -2.36. The molecule has 0 unspecified atom stereocenters. The molecule has 1 aliphatic heterocycles. The van der Waals surface area contributed by atoms with E-state index in [4.69, 9.17) is 9.47 Å². The van der Waals surface area contributed by atoms with Crippen LogP contribution in [0.25, 0.3) is 10.8 Å². The smallest absolute Gasteiger partial charge is 0.282 e. The number of benzene rings is 4. The highest BCUT2D eigenvalue weighted by Crippen LogP contribution is 2.34. The van der Waals surface area contributed by atoms with Crippen LogP contribution in [-0.4, -0.2) is 30.1 Å². The number of carbonyl (C=O) groups is 2. The van der Waals surface area contributed by atoms with E-state index in [0.29, 0.717) is 40.2 Å². The summed E-state index contributed by atoms with van der Waals surface area (Å²) >= 11 is 2.17. The van der Waals surface area contributed by atoms with E-state index in [2.05, 4.69) is 27.7 Å². The van der Waals surface area contributed by atoms with Crippen LogP contribution in [-0.2, 0) is 6.61 Å². The Balaban J connectivity index is 1.42. The van der Waals surface area contributed by atoms with Gasteiger partial charge in [-0.05, 0) is 63.4 Å². The van der Waals surface area contributed by atoms with Gasteiger partial charge < -0.3 is 9.47 Å². The van der Waals surface area contributed by atoms with Gasteiger partial charge in [-0.3, -0.25) is 9.59 Å². The number of carbonyl (C=O) groups excluding carboxylic acids is 2. The summed E-state index contributed by atoms with van der Waals surface area (Å²) in [5, 5.41) is 6.69. The predicted octanol–water partition coefficient (Wildman–Crippen LogP) is 5.66. The minimum Gasteiger partial charge on any atom is -0.493 e. The lowest BCUT2D eigenvalue weighted by Gasteiger charge is -2.23. The van der Waals surface area contributed by atoms with E-state index < -0.39 is 11.8 Å². The monoisotopic (exact) mass is 562 g/mol. The fourth-order valence-electron chi connectivity index (χ4n) is 3.93. The van der Waals surface area contributed by atoms with E-state index in [-0.39, 0.29) is 0 Å². The average molecular weight is 562 g/mol. The van der Waals surface area contributed by atoms with Crippen LogP contribution in [0.15, 0.2) is 84.0 Å². The maximum absolute atomic E-state index is 13.0. The van der Waals surface area contributed by atoms with Crippen LogP contribution >= 0.6 is 22.6 Å². The zero-order valence-electron chi connectivity index (χ0n) is 18.2. The lowest BCUT2D eigenvalue weighted by molar-refractivity contribution is 0.0616. The van der Waals surface area contributed by atoms with Gasteiger partial charge in [0, 0.05) is 5.39 Å². The minimum atomic E-state index is -0.449. The van der Waals surface area contributed by atoms with Gasteiger partial charge >= 0.3 is 0 Å². The minimum absolute atomic E-state index is 0.405. The van der Waals surface area contributed by atoms with Crippen molar-refractivity contribution >= 4 is 51.4 Å². The van der Waals surface area contributed by atoms with E-state index in [1.165, 1.54) is 6.21 Å². The molecule has 1 heterocycles. The molecule has 0 saturated carbocycles. The van der Waals surface area contributed by atoms with Crippen LogP contribution in [0, 0.1) is 3.57 Å².